The maximum Gasteiger partial charge on any atom is 0.404 e. The number of hydrogen-bond donors (Lipinski definition) is 3. The molecule has 1 amide bonds. The van der Waals surface area contributed by atoms with Crippen LogP contribution in [0.1, 0.15) is 45.4 Å². The maximum absolute atomic E-state index is 10.4. The summed E-state index contributed by atoms with van der Waals surface area (Å²) in [4.78, 5) is 10.4. The molecule has 0 aromatic carbocycles. The number of primary amides is 1. The molecule has 0 bridgehead atoms. The number of amides is 1. The molecule has 0 saturated carbocycles. The van der Waals surface area contributed by atoms with Crippen LogP contribution in [0, 0.1) is 0 Å². The van der Waals surface area contributed by atoms with Crippen LogP contribution in [0.3, 0.4) is 0 Å². The van der Waals surface area contributed by atoms with Gasteiger partial charge in [-0.15, -0.1) is 0 Å². The van der Waals surface area contributed by atoms with Crippen molar-refractivity contribution >= 4 is 29.1 Å². The number of hydrogen-bond acceptors (Lipinski definition) is 4. The molecule has 0 aliphatic rings. The van der Waals surface area contributed by atoms with E-state index in [2.05, 4.69) is 22.2 Å². The molecule has 0 saturated heterocycles. The fraction of sp³-hybridized carbons (Fsp3) is 0.727. The van der Waals surface area contributed by atoms with E-state index in [-0.39, 0.29) is 5.11 Å². The number of hydrazone groups is 1. The Morgan fingerprint density at radius 3 is 2.50 bits per heavy atom. The first-order valence-corrected chi connectivity index (χ1v) is 6.50. The quantitative estimate of drug-likeness (QED) is 0.257. The summed E-state index contributed by atoms with van der Waals surface area (Å²) in [6.45, 7) is 2.44. The number of carbonyl (C=O) groups excluding carboxylic acids is 1. The average Bonchev–Trinajstić information content (AvgIpc) is 2.30. The van der Waals surface area contributed by atoms with E-state index in [0.717, 1.165) is 37.8 Å². The van der Waals surface area contributed by atoms with E-state index in [1.807, 2.05) is 0 Å². The highest BCUT2D eigenvalue weighted by molar-refractivity contribution is 7.80. The van der Waals surface area contributed by atoms with Crippen LogP contribution in [0.25, 0.3) is 0 Å². The van der Waals surface area contributed by atoms with Gasteiger partial charge in [-0.1, -0.05) is 19.8 Å². The van der Waals surface area contributed by atoms with Crippen molar-refractivity contribution in [1.82, 2.24) is 5.43 Å². The molecule has 0 aliphatic carbocycles. The van der Waals surface area contributed by atoms with Crippen LogP contribution in [-0.4, -0.2) is 23.5 Å². The fourth-order valence-electron chi connectivity index (χ4n) is 1.40. The lowest BCUT2D eigenvalue weighted by Crippen LogP contribution is -2.25. The third-order valence-electron chi connectivity index (χ3n) is 2.25. The van der Waals surface area contributed by atoms with Crippen molar-refractivity contribution in [2.45, 2.75) is 45.4 Å². The van der Waals surface area contributed by atoms with Gasteiger partial charge >= 0.3 is 6.09 Å². The van der Waals surface area contributed by atoms with Crippen LogP contribution in [0.2, 0.25) is 0 Å². The Balaban J connectivity index is 3.99. The summed E-state index contributed by atoms with van der Waals surface area (Å²) in [5.41, 5.74) is 13.7. The molecular formula is C11H22N4O2S. The zero-order valence-corrected chi connectivity index (χ0v) is 11.6. The zero-order valence-electron chi connectivity index (χ0n) is 10.8. The standard InChI is InChI=1S/C11H22N4O2S/c1-2-3-4-6-9(14-15-10(12)18)7-5-8-17-11(13)16/h2-8H2,1H3,(H2,13,16)(H3,12,15,18). The van der Waals surface area contributed by atoms with Crippen LogP contribution >= 0.6 is 12.2 Å². The van der Waals surface area contributed by atoms with Gasteiger partial charge in [0.2, 0.25) is 0 Å². The van der Waals surface area contributed by atoms with Crippen LogP contribution in [0.15, 0.2) is 5.10 Å². The normalized spacial score (nSPS) is 11.1. The van der Waals surface area contributed by atoms with Gasteiger partial charge in [0, 0.05) is 5.71 Å². The van der Waals surface area contributed by atoms with Gasteiger partial charge in [-0.2, -0.15) is 5.10 Å². The van der Waals surface area contributed by atoms with Gasteiger partial charge in [-0.25, -0.2) is 4.79 Å². The van der Waals surface area contributed by atoms with Crippen molar-refractivity contribution in [3.63, 3.8) is 0 Å². The largest absolute Gasteiger partial charge is 0.450 e. The van der Waals surface area contributed by atoms with E-state index in [0.29, 0.717) is 13.0 Å². The molecule has 104 valence electrons. The molecule has 0 aromatic rings. The second-order valence-electron chi connectivity index (χ2n) is 3.88. The third kappa shape index (κ3) is 11.1. The van der Waals surface area contributed by atoms with Gasteiger partial charge < -0.3 is 16.2 Å². The van der Waals surface area contributed by atoms with Crippen molar-refractivity contribution < 1.29 is 9.53 Å². The Bertz CT molecular complexity index is 295. The van der Waals surface area contributed by atoms with Crippen LogP contribution < -0.4 is 16.9 Å². The first-order chi connectivity index (χ1) is 8.56. The Morgan fingerprint density at radius 1 is 1.28 bits per heavy atom. The van der Waals surface area contributed by atoms with Crippen LogP contribution in [0.4, 0.5) is 4.79 Å². The highest BCUT2D eigenvalue weighted by Crippen LogP contribution is 2.05. The van der Waals surface area contributed by atoms with E-state index >= 15 is 0 Å². The zero-order chi connectivity index (χ0) is 13.8. The van der Waals surface area contributed by atoms with E-state index in [9.17, 15) is 4.79 Å². The molecule has 0 atom stereocenters. The number of nitrogens with two attached hydrogens (primary N) is 2. The molecule has 0 rings (SSSR count). The highest BCUT2D eigenvalue weighted by Gasteiger charge is 2.02. The first kappa shape index (κ1) is 16.6. The molecule has 0 aliphatic heterocycles. The summed E-state index contributed by atoms with van der Waals surface area (Å²) in [6.07, 6.45) is 4.94. The third-order valence-corrected chi connectivity index (χ3v) is 2.34. The molecule has 6 nitrogen and oxygen atoms in total. The second kappa shape index (κ2) is 10.8. The van der Waals surface area contributed by atoms with Crippen molar-refractivity contribution in [3.8, 4) is 0 Å². The molecule has 0 unspecified atom stereocenters. The van der Waals surface area contributed by atoms with E-state index < -0.39 is 6.09 Å². The predicted octanol–water partition coefficient (Wildman–Crippen LogP) is 1.63. The summed E-state index contributed by atoms with van der Waals surface area (Å²) in [7, 11) is 0. The van der Waals surface area contributed by atoms with E-state index in [4.69, 9.17) is 23.7 Å². The summed E-state index contributed by atoms with van der Waals surface area (Å²) in [5, 5.41) is 4.29. The minimum Gasteiger partial charge on any atom is -0.450 e. The first-order valence-electron chi connectivity index (χ1n) is 6.09. The number of thiocarbonyl (C=S) groups is 1. The number of unbranched alkanes of at least 4 members (excludes halogenated alkanes) is 2. The van der Waals surface area contributed by atoms with Crippen LogP contribution in [-0.2, 0) is 4.74 Å². The Hall–Kier alpha value is -1.37. The Morgan fingerprint density at radius 2 is 1.94 bits per heavy atom. The van der Waals surface area contributed by atoms with Crippen molar-refractivity contribution in [2.24, 2.45) is 16.6 Å². The topological polar surface area (TPSA) is 103 Å². The summed E-state index contributed by atoms with van der Waals surface area (Å²) in [5.74, 6) is 0. The van der Waals surface area contributed by atoms with E-state index in [1.165, 1.54) is 0 Å². The number of rotatable bonds is 9. The summed E-state index contributed by atoms with van der Waals surface area (Å²) < 4.78 is 4.66. The Kier molecular flexibility index (Phi) is 9.94. The molecule has 0 heterocycles. The molecule has 5 N–H and O–H groups in total. The van der Waals surface area contributed by atoms with Gasteiger partial charge in [0.15, 0.2) is 5.11 Å². The molecule has 0 spiro atoms. The lowest BCUT2D eigenvalue weighted by Gasteiger charge is -2.07. The van der Waals surface area contributed by atoms with Gasteiger partial charge in [-0.05, 0) is 37.9 Å². The van der Waals surface area contributed by atoms with Gasteiger partial charge in [0.05, 0.1) is 6.61 Å². The lowest BCUT2D eigenvalue weighted by atomic mass is 10.1. The van der Waals surface area contributed by atoms with Gasteiger partial charge in [0.25, 0.3) is 0 Å². The van der Waals surface area contributed by atoms with Crippen molar-refractivity contribution in [2.75, 3.05) is 6.61 Å². The SMILES string of the molecule is CCCCCC(CCCOC(N)=O)=NNC(N)=S. The lowest BCUT2D eigenvalue weighted by molar-refractivity contribution is 0.156. The minimum atomic E-state index is -0.749. The number of ether oxygens (including phenoxy) is 1. The number of nitrogens with zero attached hydrogens (tertiary/aromatic N) is 1. The Labute approximate surface area is 113 Å². The molecular weight excluding hydrogens is 252 g/mol. The minimum absolute atomic E-state index is 0.149. The monoisotopic (exact) mass is 274 g/mol. The van der Waals surface area contributed by atoms with Crippen LogP contribution in [0.5, 0.6) is 0 Å². The molecule has 7 heteroatoms. The molecule has 0 radical (unpaired) electrons. The van der Waals surface area contributed by atoms with Crippen molar-refractivity contribution in [1.29, 1.82) is 0 Å². The van der Waals surface area contributed by atoms with Crippen molar-refractivity contribution in [3.05, 3.63) is 0 Å². The molecule has 0 fully saturated rings. The number of nitrogens with one attached hydrogen (secondary N) is 1. The van der Waals surface area contributed by atoms with Gasteiger partial charge in [0.1, 0.15) is 0 Å². The average molecular weight is 274 g/mol. The molecule has 0 aromatic heterocycles. The van der Waals surface area contributed by atoms with Gasteiger partial charge in [-0.3, -0.25) is 5.43 Å². The number of carbonyl (C=O) groups is 1. The predicted molar refractivity (Wildman–Crippen MR) is 76.3 cm³/mol. The van der Waals surface area contributed by atoms with E-state index in [1.54, 1.807) is 0 Å². The highest BCUT2D eigenvalue weighted by atomic mass is 32.1. The second-order valence-corrected chi connectivity index (χ2v) is 4.32. The smallest absolute Gasteiger partial charge is 0.404 e. The summed E-state index contributed by atoms with van der Waals surface area (Å²) >= 11 is 4.69. The summed E-state index contributed by atoms with van der Waals surface area (Å²) in [6, 6.07) is 0. The molecule has 18 heavy (non-hydrogen) atoms. The maximum atomic E-state index is 10.4. The fourth-order valence-corrected chi connectivity index (χ4v) is 1.44.